The highest BCUT2D eigenvalue weighted by Gasteiger charge is 2.18. The second kappa shape index (κ2) is 9.80. The number of nitro benzene ring substituents is 1. The minimum Gasteiger partial charge on any atom is -0.323 e. The fourth-order valence-corrected chi connectivity index (χ4v) is 3.88. The number of carbonyl (C=O) groups excluding carboxylic acids is 1. The topological polar surface area (TPSA) is 103 Å². The molecule has 0 bridgehead atoms. The Hall–Kier alpha value is -3.76. The van der Waals surface area contributed by atoms with Crippen molar-refractivity contribution in [3.8, 4) is 17.1 Å². The lowest BCUT2D eigenvalue weighted by Crippen LogP contribution is -2.15. The normalized spacial score (nSPS) is 10.7. The summed E-state index contributed by atoms with van der Waals surface area (Å²) in [6, 6.07) is 19.4. The van der Waals surface area contributed by atoms with Crippen LogP contribution in [-0.4, -0.2) is 31.3 Å². The first-order valence-corrected chi connectivity index (χ1v) is 10.9. The molecule has 0 aliphatic heterocycles. The molecule has 33 heavy (non-hydrogen) atoms. The number of nitrogens with zero attached hydrogens (tertiary/aromatic N) is 4. The highest BCUT2D eigenvalue weighted by molar-refractivity contribution is 7.99. The van der Waals surface area contributed by atoms with Crippen molar-refractivity contribution in [1.82, 2.24) is 14.8 Å². The van der Waals surface area contributed by atoms with Crippen molar-refractivity contribution in [1.29, 1.82) is 0 Å². The van der Waals surface area contributed by atoms with Crippen molar-refractivity contribution in [2.75, 3.05) is 11.1 Å². The van der Waals surface area contributed by atoms with Crippen LogP contribution in [0.2, 0.25) is 5.02 Å². The molecule has 1 N–H and O–H groups in total. The van der Waals surface area contributed by atoms with E-state index in [0.717, 1.165) is 41.2 Å². The summed E-state index contributed by atoms with van der Waals surface area (Å²) < 4.78 is 15.8. The smallest absolute Gasteiger partial charge is 0.271 e. The largest absolute Gasteiger partial charge is 0.323 e. The number of hydrogen-bond donors (Lipinski definition) is 1. The molecule has 4 aromatic rings. The van der Waals surface area contributed by atoms with Gasteiger partial charge in [-0.25, -0.2) is 4.39 Å². The fourth-order valence-electron chi connectivity index (χ4n) is 3.00. The molecule has 0 fully saturated rings. The Morgan fingerprint density at radius 2 is 1.82 bits per heavy atom. The number of aromatic nitrogens is 3. The van der Waals surface area contributed by atoms with Crippen LogP contribution in [0.25, 0.3) is 17.1 Å². The predicted octanol–water partition coefficient (Wildman–Crippen LogP) is 5.37. The minimum absolute atomic E-state index is 0.117. The van der Waals surface area contributed by atoms with Gasteiger partial charge in [-0.05, 0) is 42.5 Å². The monoisotopic (exact) mass is 483 g/mol. The molecule has 4 rings (SSSR count). The lowest BCUT2D eigenvalue weighted by atomic mass is 10.2. The van der Waals surface area contributed by atoms with E-state index < -0.39 is 16.6 Å². The first-order valence-electron chi connectivity index (χ1n) is 9.56. The fraction of sp³-hybridized carbons (Fsp3) is 0.0455. The number of thioether (sulfide) groups is 1. The SMILES string of the molecule is O=C(CSc1nnc(-c2ccc(Cl)cc2)n1-c1ccccc1)Nc1cc([N+](=O)[O-])ccc1F. The third-order valence-electron chi connectivity index (χ3n) is 4.52. The Balaban J connectivity index is 1.57. The quantitative estimate of drug-likeness (QED) is 0.215. The number of amides is 1. The molecule has 3 aromatic carbocycles. The Morgan fingerprint density at radius 1 is 1.09 bits per heavy atom. The van der Waals surface area contributed by atoms with Crippen LogP contribution in [0.1, 0.15) is 0 Å². The van der Waals surface area contributed by atoms with Gasteiger partial charge in [0, 0.05) is 28.4 Å². The number of para-hydroxylation sites is 1. The average Bonchev–Trinajstić information content (AvgIpc) is 3.24. The van der Waals surface area contributed by atoms with Gasteiger partial charge in [-0.1, -0.05) is 41.6 Å². The van der Waals surface area contributed by atoms with Crippen molar-refractivity contribution in [3.05, 3.63) is 93.8 Å². The Morgan fingerprint density at radius 3 is 2.52 bits per heavy atom. The molecule has 0 aliphatic rings. The van der Waals surface area contributed by atoms with Gasteiger partial charge in [0.15, 0.2) is 11.0 Å². The van der Waals surface area contributed by atoms with Crippen LogP contribution < -0.4 is 5.32 Å². The van der Waals surface area contributed by atoms with Crippen LogP contribution in [-0.2, 0) is 4.79 Å². The number of anilines is 1. The number of benzene rings is 3. The van der Waals surface area contributed by atoms with E-state index in [1.54, 1.807) is 16.7 Å². The maximum Gasteiger partial charge on any atom is 0.271 e. The van der Waals surface area contributed by atoms with Crippen molar-refractivity contribution in [3.63, 3.8) is 0 Å². The molecule has 1 heterocycles. The Labute approximate surface area is 196 Å². The third-order valence-corrected chi connectivity index (χ3v) is 5.70. The van der Waals surface area contributed by atoms with Gasteiger partial charge in [0.05, 0.1) is 16.4 Å². The first-order chi connectivity index (χ1) is 15.9. The molecule has 0 atom stereocenters. The van der Waals surface area contributed by atoms with Gasteiger partial charge in [-0.2, -0.15) is 0 Å². The molecular weight excluding hydrogens is 469 g/mol. The van der Waals surface area contributed by atoms with E-state index in [4.69, 9.17) is 11.6 Å². The zero-order chi connectivity index (χ0) is 23.4. The van der Waals surface area contributed by atoms with E-state index in [2.05, 4.69) is 15.5 Å². The number of hydrogen-bond acceptors (Lipinski definition) is 6. The molecule has 8 nitrogen and oxygen atoms in total. The van der Waals surface area contributed by atoms with Gasteiger partial charge in [-0.15, -0.1) is 10.2 Å². The highest BCUT2D eigenvalue weighted by Crippen LogP contribution is 2.29. The van der Waals surface area contributed by atoms with Crippen LogP contribution in [0.4, 0.5) is 15.8 Å². The predicted molar refractivity (Wildman–Crippen MR) is 124 cm³/mol. The lowest BCUT2D eigenvalue weighted by Gasteiger charge is -2.11. The molecular formula is C22H15ClFN5O3S. The number of non-ortho nitro benzene ring substituents is 1. The van der Waals surface area contributed by atoms with Crippen molar-refractivity contribution >= 4 is 40.6 Å². The summed E-state index contributed by atoms with van der Waals surface area (Å²) in [6.45, 7) is 0. The van der Waals surface area contributed by atoms with Gasteiger partial charge in [-0.3, -0.25) is 19.5 Å². The zero-order valence-corrected chi connectivity index (χ0v) is 18.4. The maximum atomic E-state index is 14.0. The highest BCUT2D eigenvalue weighted by atomic mass is 35.5. The van der Waals surface area contributed by atoms with Gasteiger partial charge >= 0.3 is 0 Å². The van der Waals surface area contributed by atoms with Crippen molar-refractivity contribution in [2.24, 2.45) is 0 Å². The third kappa shape index (κ3) is 5.18. The molecule has 1 amide bonds. The Bertz CT molecular complexity index is 1320. The molecule has 166 valence electrons. The standard InChI is InChI=1S/C22H15ClFN5O3S/c23-15-8-6-14(7-9-15)21-26-27-22(28(21)16-4-2-1-3-5-16)33-13-20(30)25-19-12-17(29(31)32)10-11-18(19)24/h1-12H,13H2,(H,25,30). The van der Waals surface area contributed by atoms with E-state index in [9.17, 15) is 19.3 Å². The number of carbonyl (C=O) groups is 1. The summed E-state index contributed by atoms with van der Waals surface area (Å²) >= 11 is 7.09. The second-order valence-corrected chi connectivity index (χ2v) is 8.12. The van der Waals surface area contributed by atoms with Gasteiger partial charge < -0.3 is 5.32 Å². The lowest BCUT2D eigenvalue weighted by molar-refractivity contribution is -0.384. The van der Waals surface area contributed by atoms with Crippen LogP contribution in [0, 0.1) is 15.9 Å². The first kappa shape index (κ1) is 22.4. The van der Waals surface area contributed by atoms with Gasteiger partial charge in [0.1, 0.15) is 5.82 Å². The molecule has 0 saturated heterocycles. The van der Waals surface area contributed by atoms with E-state index in [1.165, 1.54) is 0 Å². The molecule has 0 unspecified atom stereocenters. The van der Waals surface area contributed by atoms with Crippen molar-refractivity contribution < 1.29 is 14.1 Å². The van der Waals surface area contributed by atoms with E-state index >= 15 is 0 Å². The summed E-state index contributed by atoms with van der Waals surface area (Å²) in [5.74, 6) is -0.870. The van der Waals surface area contributed by atoms with E-state index in [-0.39, 0.29) is 17.1 Å². The second-order valence-electron chi connectivity index (χ2n) is 6.74. The van der Waals surface area contributed by atoms with Crippen LogP contribution in [0.15, 0.2) is 78.0 Å². The average molecular weight is 484 g/mol. The number of nitro groups is 1. The molecule has 11 heteroatoms. The number of halogens is 2. The van der Waals surface area contributed by atoms with Crippen molar-refractivity contribution in [2.45, 2.75) is 5.16 Å². The minimum atomic E-state index is -0.767. The van der Waals surface area contributed by atoms with Gasteiger partial charge in [0.2, 0.25) is 5.91 Å². The maximum absolute atomic E-state index is 14.0. The molecule has 0 radical (unpaired) electrons. The molecule has 0 spiro atoms. The summed E-state index contributed by atoms with van der Waals surface area (Å²) in [4.78, 5) is 22.7. The zero-order valence-electron chi connectivity index (χ0n) is 16.8. The summed E-state index contributed by atoms with van der Waals surface area (Å²) in [7, 11) is 0. The van der Waals surface area contributed by atoms with E-state index in [0.29, 0.717) is 16.0 Å². The van der Waals surface area contributed by atoms with Crippen LogP contribution in [0.5, 0.6) is 0 Å². The summed E-state index contributed by atoms with van der Waals surface area (Å²) in [6.07, 6.45) is 0. The Kier molecular flexibility index (Phi) is 6.66. The summed E-state index contributed by atoms with van der Waals surface area (Å²) in [5, 5.41) is 22.8. The number of nitrogens with one attached hydrogen (secondary N) is 1. The van der Waals surface area contributed by atoms with Gasteiger partial charge in [0.25, 0.3) is 5.69 Å². The number of rotatable bonds is 7. The molecule has 0 saturated carbocycles. The van der Waals surface area contributed by atoms with Crippen LogP contribution in [0.3, 0.4) is 0 Å². The molecule has 0 aliphatic carbocycles. The molecule has 1 aromatic heterocycles. The summed E-state index contributed by atoms with van der Waals surface area (Å²) in [5.41, 5.74) is 0.989. The van der Waals surface area contributed by atoms with E-state index in [1.807, 2.05) is 42.5 Å². The van der Waals surface area contributed by atoms with Crippen LogP contribution >= 0.6 is 23.4 Å².